The Morgan fingerprint density at radius 1 is 1.00 bits per heavy atom. The van der Waals surface area contributed by atoms with E-state index in [2.05, 4.69) is 45.0 Å². The van der Waals surface area contributed by atoms with Gasteiger partial charge < -0.3 is 4.74 Å². The summed E-state index contributed by atoms with van der Waals surface area (Å²) < 4.78 is 4.75. The Hall–Kier alpha value is -1.80. The van der Waals surface area contributed by atoms with E-state index in [9.17, 15) is 4.79 Å². The quantitative estimate of drug-likeness (QED) is 0.722. The maximum Gasteiger partial charge on any atom is 0.339 e. The van der Waals surface area contributed by atoms with E-state index in [-0.39, 0.29) is 5.41 Å². The summed E-state index contributed by atoms with van der Waals surface area (Å²) in [5.74, 6) is -0.423. The van der Waals surface area contributed by atoms with Gasteiger partial charge >= 0.3 is 5.97 Å². The van der Waals surface area contributed by atoms with Crippen molar-refractivity contribution in [3.8, 4) is 11.1 Å². The van der Waals surface area contributed by atoms with Crippen LogP contribution in [0.25, 0.3) is 11.1 Å². The molecule has 0 aliphatic heterocycles. The van der Waals surface area contributed by atoms with Crippen molar-refractivity contribution < 1.29 is 9.53 Å². The lowest BCUT2D eigenvalue weighted by Gasteiger charge is -2.19. The predicted molar refractivity (Wildman–Crippen MR) is 86.9 cm³/mol. The molecule has 0 aromatic heterocycles. The number of hydrogen-bond donors (Lipinski definition) is 0. The van der Waals surface area contributed by atoms with Crippen LogP contribution in [0.1, 0.15) is 36.7 Å². The Bertz CT molecular complexity index is 652. The van der Waals surface area contributed by atoms with Crippen molar-refractivity contribution >= 4 is 17.6 Å². The Balaban J connectivity index is 2.41. The lowest BCUT2D eigenvalue weighted by molar-refractivity contribution is 0.0601. The van der Waals surface area contributed by atoms with Gasteiger partial charge in [-0.05, 0) is 34.2 Å². The molecule has 110 valence electrons. The van der Waals surface area contributed by atoms with Crippen molar-refractivity contribution in [2.24, 2.45) is 0 Å². The minimum absolute atomic E-state index is 0.121. The van der Waals surface area contributed by atoms with Crippen molar-refractivity contribution in [1.29, 1.82) is 0 Å². The van der Waals surface area contributed by atoms with E-state index in [1.807, 2.05) is 6.07 Å². The molecule has 0 atom stereocenters. The zero-order valence-electron chi connectivity index (χ0n) is 12.7. The third kappa shape index (κ3) is 3.45. The molecule has 0 heterocycles. The van der Waals surface area contributed by atoms with Crippen molar-refractivity contribution in [3.05, 3.63) is 58.6 Å². The highest BCUT2D eigenvalue weighted by atomic mass is 35.5. The first-order chi connectivity index (χ1) is 9.82. The van der Waals surface area contributed by atoms with Gasteiger partial charge in [0.15, 0.2) is 0 Å². The molecule has 2 nitrogen and oxygen atoms in total. The Labute approximate surface area is 130 Å². The molecule has 0 unspecified atom stereocenters. The fourth-order valence-electron chi connectivity index (χ4n) is 2.13. The molecule has 2 aromatic carbocycles. The molecular weight excluding hydrogens is 284 g/mol. The summed E-state index contributed by atoms with van der Waals surface area (Å²) in [5, 5.41) is 0.400. The standard InChI is InChI=1S/C18H19ClO2/c1-18(2,3)14-8-5-12(6-9-14)13-7-10-16(19)15(11-13)17(20)21-4/h5-11H,1-4H3. The maximum absolute atomic E-state index is 11.7. The number of rotatable bonds is 2. The normalized spacial score (nSPS) is 11.3. The molecule has 0 fully saturated rings. The van der Waals surface area contributed by atoms with E-state index in [0.29, 0.717) is 10.6 Å². The lowest BCUT2D eigenvalue weighted by atomic mass is 9.86. The molecule has 0 aliphatic rings. The van der Waals surface area contributed by atoms with Crippen molar-refractivity contribution in [3.63, 3.8) is 0 Å². The van der Waals surface area contributed by atoms with Crippen LogP contribution in [0.3, 0.4) is 0 Å². The molecule has 0 N–H and O–H groups in total. The number of methoxy groups -OCH3 is 1. The van der Waals surface area contributed by atoms with Crippen LogP contribution in [-0.4, -0.2) is 13.1 Å². The molecule has 0 saturated carbocycles. The average molecular weight is 303 g/mol. The Kier molecular flexibility index (Phi) is 4.38. The van der Waals surface area contributed by atoms with Gasteiger partial charge in [0.25, 0.3) is 0 Å². The summed E-state index contributed by atoms with van der Waals surface area (Å²) in [5.41, 5.74) is 3.77. The summed E-state index contributed by atoms with van der Waals surface area (Å²) >= 11 is 6.04. The first-order valence-electron chi connectivity index (χ1n) is 6.81. The summed E-state index contributed by atoms with van der Waals surface area (Å²) in [6.07, 6.45) is 0. The van der Waals surface area contributed by atoms with Gasteiger partial charge in [-0.3, -0.25) is 0 Å². The molecule has 3 heteroatoms. The average Bonchev–Trinajstić information content (AvgIpc) is 2.46. The van der Waals surface area contributed by atoms with Crippen molar-refractivity contribution in [2.45, 2.75) is 26.2 Å². The van der Waals surface area contributed by atoms with E-state index in [0.717, 1.165) is 11.1 Å². The minimum Gasteiger partial charge on any atom is -0.465 e. The van der Waals surface area contributed by atoms with Gasteiger partial charge in [-0.15, -0.1) is 0 Å². The molecule has 0 radical (unpaired) electrons. The van der Waals surface area contributed by atoms with Crippen LogP contribution in [0.15, 0.2) is 42.5 Å². The molecule has 0 saturated heterocycles. The zero-order valence-corrected chi connectivity index (χ0v) is 13.5. The van der Waals surface area contributed by atoms with Crippen LogP contribution in [0.4, 0.5) is 0 Å². The van der Waals surface area contributed by atoms with Gasteiger partial charge in [0.1, 0.15) is 0 Å². The SMILES string of the molecule is COC(=O)c1cc(-c2ccc(C(C)(C)C)cc2)ccc1Cl. The van der Waals surface area contributed by atoms with Gasteiger partial charge in [0.05, 0.1) is 17.7 Å². The molecule has 0 bridgehead atoms. The summed E-state index contributed by atoms with van der Waals surface area (Å²) in [7, 11) is 1.35. The molecule has 2 rings (SSSR count). The van der Waals surface area contributed by atoms with Crippen molar-refractivity contribution in [2.75, 3.05) is 7.11 Å². The topological polar surface area (TPSA) is 26.3 Å². The lowest BCUT2D eigenvalue weighted by Crippen LogP contribution is -2.10. The highest BCUT2D eigenvalue weighted by Gasteiger charge is 2.14. The summed E-state index contributed by atoms with van der Waals surface area (Å²) in [6, 6.07) is 13.7. The Morgan fingerprint density at radius 2 is 1.57 bits per heavy atom. The van der Waals surface area contributed by atoms with Crippen LogP contribution >= 0.6 is 11.6 Å². The Morgan fingerprint density at radius 3 is 2.10 bits per heavy atom. The number of halogens is 1. The fourth-order valence-corrected chi connectivity index (χ4v) is 2.33. The second-order valence-corrected chi connectivity index (χ2v) is 6.42. The molecule has 2 aromatic rings. The first kappa shape index (κ1) is 15.6. The number of benzene rings is 2. The largest absolute Gasteiger partial charge is 0.465 e. The third-order valence-corrected chi connectivity index (χ3v) is 3.79. The number of ether oxygens (including phenoxy) is 1. The summed E-state index contributed by atoms with van der Waals surface area (Å²) in [6.45, 7) is 6.54. The van der Waals surface area contributed by atoms with Gasteiger partial charge in [-0.1, -0.05) is 62.7 Å². The van der Waals surface area contributed by atoms with Crippen LogP contribution < -0.4 is 0 Å². The monoisotopic (exact) mass is 302 g/mol. The molecule has 0 amide bonds. The van der Waals surface area contributed by atoms with Gasteiger partial charge in [-0.25, -0.2) is 4.79 Å². The van der Waals surface area contributed by atoms with Gasteiger partial charge in [0.2, 0.25) is 0 Å². The number of esters is 1. The van der Waals surface area contributed by atoms with Crippen LogP contribution in [0.2, 0.25) is 5.02 Å². The first-order valence-corrected chi connectivity index (χ1v) is 7.19. The van der Waals surface area contributed by atoms with Crippen LogP contribution in [0.5, 0.6) is 0 Å². The molecule has 0 aliphatic carbocycles. The van der Waals surface area contributed by atoms with Gasteiger partial charge in [0, 0.05) is 0 Å². The summed E-state index contributed by atoms with van der Waals surface area (Å²) in [4.78, 5) is 11.7. The predicted octanol–water partition coefficient (Wildman–Crippen LogP) is 5.09. The smallest absolute Gasteiger partial charge is 0.339 e. The van der Waals surface area contributed by atoms with E-state index >= 15 is 0 Å². The molecule has 0 spiro atoms. The minimum atomic E-state index is -0.423. The van der Waals surface area contributed by atoms with Crippen LogP contribution in [-0.2, 0) is 10.2 Å². The third-order valence-electron chi connectivity index (χ3n) is 3.46. The second-order valence-electron chi connectivity index (χ2n) is 6.01. The maximum atomic E-state index is 11.7. The van der Waals surface area contributed by atoms with Gasteiger partial charge in [-0.2, -0.15) is 0 Å². The molecule has 21 heavy (non-hydrogen) atoms. The zero-order chi connectivity index (χ0) is 15.6. The second kappa shape index (κ2) is 5.90. The highest BCUT2D eigenvalue weighted by molar-refractivity contribution is 6.33. The number of carbonyl (C=O) groups excluding carboxylic acids is 1. The van der Waals surface area contributed by atoms with E-state index < -0.39 is 5.97 Å². The fraction of sp³-hybridized carbons (Fsp3) is 0.278. The highest BCUT2D eigenvalue weighted by Crippen LogP contribution is 2.28. The van der Waals surface area contributed by atoms with E-state index in [4.69, 9.17) is 16.3 Å². The molecular formula is C18H19ClO2. The van der Waals surface area contributed by atoms with E-state index in [1.54, 1.807) is 12.1 Å². The van der Waals surface area contributed by atoms with E-state index in [1.165, 1.54) is 12.7 Å². The van der Waals surface area contributed by atoms with Crippen molar-refractivity contribution in [1.82, 2.24) is 0 Å². The number of hydrogen-bond acceptors (Lipinski definition) is 2. The van der Waals surface area contributed by atoms with Crippen LogP contribution in [0, 0.1) is 0 Å². The number of carbonyl (C=O) groups is 1.